The number of carboxylic acid groups (broad SMARTS) is 6. The molecule has 6 rings (SSSR count). The smallest absolute Gasteiger partial charge is 0.545 e. The Morgan fingerprint density at radius 3 is 0.623 bits per heavy atom. The Kier molecular flexibility index (Phi) is 27.0. The first kappa shape index (κ1) is 59.7. The van der Waals surface area contributed by atoms with E-state index in [1.165, 1.54) is 110 Å². The van der Waals surface area contributed by atoms with E-state index in [1.807, 2.05) is 0 Å². The molecule has 0 fully saturated rings. The standard InChI is InChI=1S/3C12H8N2O4.Co.6H2O/c3*15-11(16)7-1-3-13-9(5-7)10-6-8(12(17)18)2-4-14-10;;;;;;;/h3*1-6H,(H,15,16)(H,17,18);;6*1H2/q;;;+3;;;;;;/p-3. The van der Waals surface area contributed by atoms with Gasteiger partial charge in [0.05, 0.1) is 68.8 Å². The van der Waals surface area contributed by atoms with Gasteiger partial charge in [0.1, 0.15) is 0 Å². The minimum absolute atomic E-state index is 0. The van der Waals surface area contributed by atoms with Crippen molar-refractivity contribution in [2.24, 2.45) is 0 Å². The van der Waals surface area contributed by atoms with Crippen molar-refractivity contribution in [2.75, 3.05) is 0 Å². The zero-order valence-corrected chi connectivity index (χ0v) is 31.5. The molecule has 0 radical (unpaired) electrons. The maximum absolute atomic E-state index is 10.8. The summed E-state index contributed by atoms with van der Waals surface area (Å²) in [7, 11) is 0. The number of carbonyl (C=O) groups is 6. The fraction of sp³-hybridized carbons (Fsp3) is 0. The molecule has 324 valence electrons. The summed E-state index contributed by atoms with van der Waals surface area (Å²) in [6.45, 7) is 0. The van der Waals surface area contributed by atoms with Crippen LogP contribution < -0.4 is 15.3 Å². The number of aromatic carboxylic acids is 6. The molecule has 0 unspecified atom stereocenters. The second-order valence-electron chi connectivity index (χ2n) is 10.4. The van der Waals surface area contributed by atoms with Crippen LogP contribution in [0.3, 0.4) is 0 Å². The number of pyridine rings is 6. The maximum atomic E-state index is 10.8. The van der Waals surface area contributed by atoms with Crippen molar-refractivity contribution in [1.29, 1.82) is 0 Å². The molecule has 0 aliphatic rings. The Bertz CT molecular complexity index is 1990. The monoisotopic (exact) mass is 896 g/mol. The van der Waals surface area contributed by atoms with Crippen molar-refractivity contribution in [3.05, 3.63) is 143 Å². The number of aromatic nitrogens is 6. The predicted molar refractivity (Wildman–Crippen MR) is 198 cm³/mol. The summed E-state index contributed by atoms with van der Waals surface area (Å²) in [5.74, 6) is -7.24. The van der Waals surface area contributed by atoms with Crippen molar-refractivity contribution < 1.29 is 109 Å². The summed E-state index contributed by atoms with van der Waals surface area (Å²) in [5, 5.41) is 58.7. The van der Waals surface area contributed by atoms with Gasteiger partial charge in [-0.2, -0.15) is 0 Å². The maximum Gasteiger partial charge on any atom is 3.00 e. The van der Waals surface area contributed by atoms with Crippen LogP contribution in [0.15, 0.2) is 110 Å². The molecule has 61 heavy (non-hydrogen) atoms. The zero-order valence-electron chi connectivity index (χ0n) is 30.4. The van der Waals surface area contributed by atoms with Gasteiger partial charge in [0.15, 0.2) is 0 Å². The number of rotatable bonds is 9. The molecule has 0 aromatic carbocycles. The van der Waals surface area contributed by atoms with Gasteiger partial charge >= 0.3 is 34.7 Å². The average Bonchev–Trinajstić information content (AvgIpc) is 3.18. The molecule has 6 aromatic heterocycles. The molecule has 0 amide bonds. The molecule has 25 heteroatoms. The number of hydrogen-bond donors (Lipinski definition) is 3. The number of carbonyl (C=O) groups excluding carboxylic acids is 3. The SMILES string of the molecule is O.O.O.O.O.O.O=C(O)c1ccnc(-c2cc(C(=O)O)ccn2)c1.O=C([O-])c1ccnc(-c2cc(C(=O)O)ccn2)c1.O=C([O-])c1ccnc(-c2cc(C(=O)[O-])ccn2)c1.[Co+3]. The molecule has 0 aliphatic heterocycles. The Hall–Kier alpha value is -8.01. The van der Waals surface area contributed by atoms with Gasteiger partial charge < -0.3 is 77.9 Å². The third-order valence-electron chi connectivity index (χ3n) is 6.79. The van der Waals surface area contributed by atoms with E-state index in [4.69, 9.17) is 15.3 Å². The van der Waals surface area contributed by atoms with Gasteiger partial charge in [-0.25, -0.2) is 14.4 Å². The topological polar surface area (TPSA) is 499 Å². The summed E-state index contributed by atoms with van der Waals surface area (Å²) < 4.78 is 0. The van der Waals surface area contributed by atoms with Crippen molar-refractivity contribution in [3.63, 3.8) is 0 Å². The van der Waals surface area contributed by atoms with Gasteiger partial charge in [-0.3, -0.25) is 29.9 Å². The van der Waals surface area contributed by atoms with Crippen molar-refractivity contribution in [3.8, 4) is 34.2 Å². The summed E-state index contributed by atoms with van der Waals surface area (Å²) in [4.78, 5) is 88.2. The Morgan fingerprint density at radius 2 is 0.475 bits per heavy atom. The van der Waals surface area contributed by atoms with E-state index in [-0.39, 0.29) is 106 Å². The first-order valence-corrected chi connectivity index (χ1v) is 14.8. The van der Waals surface area contributed by atoms with E-state index < -0.39 is 35.8 Å². The van der Waals surface area contributed by atoms with Gasteiger partial charge in [-0.05, 0) is 72.8 Å². The minimum atomic E-state index is -1.34. The molecular weight excluding hydrogens is 863 g/mol. The summed E-state index contributed by atoms with van der Waals surface area (Å²) in [6.07, 6.45) is 7.88. The summed E-state index contributed by atoms with van der Waals surface area (Å²) in [5.41, 5.74) is 1.75. The third-order valence-corrected chi connectivity index (χ3v) is 6.79. The number of carboxylic acids is 6. The predicted octanol–water partition coefficient (Wildman–Crippen LogP) is -4.33. The van der Waals surface area contributed by atoms with Crippen LogP contribution in [-0.2, 0) is 16.8 Å². The van der Waals surface area contributed by atoms with Gasteiger partial charge in [-0.1, -0.05) is 0 Å². The van der Waals surface area contributed by atoms with Crippen molar-refractivity contribution in [2.45, 2.75) is 0 Å². The normalized spacial score (nSPS) is 8.85. The number of nitrogens with zero attached hydrogens (tertiary/aromatic N) is 6. The Morgan fingerprint density at radius 1 is 0.328 bits per heavy atom. The van der Waals surface area contributed by atoms with E-state index in [0.717, 1.165) is 0 Å². The quantitative estimate of drug-likeness (QED) is 0.123. The Balaban J connectivity index is -0.000000378. The average molecular weight is 897 g/mol. The second-order valence-corrected chi connectivity index (χ2v) is 10.4. The van der Waals surface area contributed by atoms with Gasteiger partial charge in [0.25, 0.3) is 0 Å². The molecule has 0 bridgehead atoms. The largest absolute Gasteiger partial charge is 3.00 e. The molecule has 0 aliphatic carbocycles. The first-order chi connectivity index (χ1) is 25.7. The first-order valence-electron chi connectivity index (χ1n) is 14.8. The molecule has 6 heterocycles. The molecule has 0 saturated heterocycles. The van der Waals surface area contributed by atoms with Gasteiger partial charge in [-0.15, -0.1) is 0 Å². The van der Waals surface area contributed by atoms with E-state index in [9.17, 15) is 44.1 Å². The van der Waals surface area contributed by atoms with Crippen LogP contribution in [0.2, 0.25) is 0 Å². The molecule has 6 aromatic rings. The van der Waals surface area contributed by atoms with Crippen molar-refractivity contribution >= 4 is 35.8 Å². The molecule has 0 spiro atoms. The van der Waals surface area contributed by atoms with Crippen LogP contribution in [0, 0.1) is 0 Å². The zero-order chi connectivity index (χ0) is 39.4. The van der Waals surface area contributed by atoms with Crippen LogP contribution in [0.4, 0.5) is 0 Å². The third kappa shape index (κ3) is 16.8. The molecular formula is C36H33CoN6O18. The van der Waals surface area contributed by atoms with Gasteiger partial charge in [0.2, 0.25) is 0 Å². The van der Waals surface area contributed by atoms with Crippen molar-refractivity contribution in [1.82, 2.24) is 29.9 Å². The summed E-state index contributed by atoms with van der Waals surface area (Å²) >= 11 is 0. The fourth-order valence-corrected chi connectivity index (χ4v) is 4.20. The minimum Gasteiger partial charge on any atom is -0.545 e. The molecule has 24 nitrogen and oxygen atoms in total. The van der Waals surface area contributed by atoms with Gasteiger partial charge in [0, 0.05) is 53.9 Å². The van der Waals surface area contributed by atoms with E-state index in [0.29, 0.717) is 11.4 Å². The fourth-order valence-electron chi connectivity index (χ4n) is 4.20. The van der Waals surface area contributed by atoms with Crippen LogP contribution in [0.1, 0.15) is 62.1 Å². The second kappa shape index (κ2) is 27.6. The molecule has 0 saturated carbocycles. The van der Waals surface area contributed by atoms with Crippen LogP contribution >= 0.6 is 0 Å². The van der Waals surface area contributed by atoms with Crippen LogP contribution in [0.25, 0.3) is 34.2 Å². The van der Waals surface area contributed by atoms with Crippen LogP contribution in [-0.4, -0.2) is 114 Å². The number of hydrogen-bond acceptors (Lipinski definition) is 15. The van der Waals surface area contributed by atoms with E-state index in [2.05, 4.69) is 29.9 Å². The molecule has 15 N–H and O–H groups in total. The van der Waals surface area contributed by atoms with E-state index >= 15 is 0 Å². The van der Waals surface area contributed by atoms with Crippen LogP contribution in [0.5, 0.6) is 0 Å². The molecule has 0 atom stereocenters. The van der Waals surface area contributed by atoms with E-state index in [1.54, 1.807) is 0 Å². The Labute approximate surface area is 351 Å². The summed E-state index contributed by atoms with van der Waals surface area (Å²) in [6, 6.07) is 15.7.